The van der Waals surface area contributed by atoms with E-state index in [4.69, 9.17) is 10.5 Å². The summed E-state index contributed by atoms with van der Waals surface area (Å²) >= 11 is 0. The minimum absolute atomic E-state index is 0.0912. The highest BCUT2D eigenvalue weighted by molar-refractivity contribution is 5.20. The molecule has 4 unspecified atom stereocenters. The number of hydrogen-bond acceptors (Lipinski definition) is 4. The lowest BCUT2D eigenvalue weighted by Crippen LogP contribution is -2.80. The lowest BCUT2D eigenvalue weighted by Gasteiger charge is -2.67. The molecule has 4 nitrogen and oxygen atoms in total. The van der Waals surface area contributed by atoms with Crippen molar-refractivity contribution in [3.8, 4) is 0 Å². The van der Waals surface area contributed by atoms with Crippen LogP contribution in [0.25, 0.3) is 0 Å². The number of fused-ring (bicyclic) bond motifs is 1. The van der Waals surface area contributed by atoms with E-state index in [1.54, 1.807) is 0 Å². The topological polar surface area (TPSA) is 41.7 Å². The molecule has 2 heterocycles. The average molecular weight is 295 g/mol. The fourth-order valence-electron chi connectivity index (χ4n) is 5.07. The molecule has 0 aromatic rings. The number of likely N-dealkylation sites (N-methyl/N-ethyl adjacent to an activating group) is 2. The molecule has 3 rings (SSSR count). The van der Waals surface area contributed by atoms with Crippen LogP contribution in [-0.2, 0) is 4.74 Å². The molecule has 122 valence electrons. The first-order valence-corrected chi connectivity index (χ1v) is 8.65. The Balaban J connectivity index is 1.62. The summed E-state index contributed by atoms with van der Waals surface area (Å²) in [6.45, 7) is 8.91. The van der Waals surface area contributed by atoms with E-state index < -0.39 is 0 Å². The van der Waals surface area contributed by atoms with E-state index in [1.807, 2.05) is 0 Å². The first-order chi connectivity index (χ1) is 9.86. The summed E-state index contributed by atoms with van der Waals surface area (Å²) in [7, 11) is 4.50. The maximum Gasteiger partial charge on any atom is 0.0690 e. The monoisotopic (exact) mass is 295 g/mol. The first kappa shape index (κ1) is 15.7. The van der Waals surface area contributed by atoms with Crippen molar-refractivity contribution in [1.29, 1.82) is 0 Å². The van der Waals surface area contributed by atoms with E-state index in [0.717, 1.165) is 19.7 Å². The predicted octanol–water partition coefficient (Wildman–Crippen LogP) is 1.54. The van der Waals surface area contributed by atoms with Gasteiger partial charge in [-0.05, 0) is 46.3 Å². The molecule has 2 N–H and O–H groups in total. The van der Waals surface area contributed by atoms with Crippen LogP contribution in [0, 0.1) is 11.3 Å². The SMILES string of the molecule is CN(CC1CCCN1C)CC1(N)C2CCCOC2C1(C)C. The minimum atomic E-state index is -0.0932. The molecule has 1 saturated carbocycles. The smallest absolute Gasteiger partial charge is 0.0690 e. The Labute approximate surface area is 130 Å². The van der Waals surface area contributed by atoms with Gasteiger partial charge in [0, 0.05) is 42.6 Å². The van der Waals surface area contributed by atoms with Crippen molar-refractivity contribution >= 4 is 0 Å². The van der Waals surface area contributed by atoms with E-state index in [0.29, 0.717) is 18.1 Å². The van der Waals surface area contributed by atoms with Gasteiger partial charge in [-0.1, -0.05) is 13.8 Å². The minimum Gasteiger partial charge on any atom is -0.377 e. The van der Waals surface area contributed by atoms with Gasteiger partial charge in [-0.25, -0.2) is 0 Å². The largest absolute Gasteiger partial charge is 0.377 e. The zero-order valence-corrected chi connectivity index (χ0v) is 14.3. The van der Waals surface area contributed by atoms with E-state index in [1.165, 1.54) is 32.2 Å². The summed E-state index contributed by atoms with van der Waals surface area (Å²) in [5.74, 6) is 0.546. The Morgan fingerprint density at radius 2 is 2.05 bits per heavy atom. The Kier molecular flexibility index (Phi) is 4.11. The molecular formula is C17H33N3O. The van der Waals surface area contributed by atoms with Gasteiger partial charge in [0.2, 0.25) is 0 Å². The maximum atomic E-state index is 6.91. The van der Waals surface area contributed by atoms with Gasteiger partial charge in [0.25, 0.3) is 0 Å². The van der Waals surface area contributed by atoms with Gasteiger partial charge in [0.15, 0.2) is 0 Å². The average Bonchev–Trinajstić information content (AvgIpc) is 2.84. The fourth-order valence-corrected chi connectivity index (χ4v) is 5.07. The van der Waals surface area contributed by atoms with E-state index in [9.17, 15) is 0 Å². The highest BCUT2D eigenvalue weighted by Gasteiger charge is 2.66. The summed E-state index contributed by atoms with van der Waals surface area (Å²) in [4.78, 5) is 4.97. The summed E-state index contributed by atoms with van der Waals surface area (Å²) in [6.07, 6.45) is 5.45. The standard InChI is InChI=1S/C17H33N3O/c1-16(2)15-14(8-6-10-21-15)17(16,18)12-19(3)11-13-7-5-9-20(13)4/h13-15H,5-12,18H2,1-4H3. The van der Waals surface area contributed by atoms with Crippen LogP contribution in [0.2, 0.25) is 0 Å². The molecule has 2 aliphatic heterocycles. The molecule has 3 fully saturated rings. The summed E-state index contributed by atoms with van der Waals surface area (Å²) in [5, 5.41) is 0. The van der Waals surface area contributed by atoms with Gasteiger partial charge in [-0.2, -0.15) is 0 Å². The van der Waals surface area contributed by atoms with E-state index >= 15 is 0 Å². The Bertz CT molecular complexity index is 386. The normalized spacial score (nSPS) is 42.9. The van der Waals surface area contributed by atoms with Crippen LogP contribution in [0.15, 0.2) is 0 Å². The van der Waals surface area contributed by atoms with Crippen molar-refractivity contribution < 1.29 is 4.74 Å². The van der Waals surface area contributed by atoms with Crippen molar-refractivity contribution in [2.45, 2.75) is 57.2 Å². The molecule has 0 spiro atoms. The van der Waals surface area contributed by atoms with Crippen molar-refractivity contribution in [2.24, 2.45) is 17.1 Å². The Morgan fingerprint density at radius 3 is 2.71 bits per heavy atom. The summed E-state index contributed by atoms with van der Waals surface area (Å²) < 4.78 is 6.01. The highest BCUT2D eigenvalue weighted by atomic mass is 16.5. The number of likely N-dealkylation sites (tertiary alicyclic amines) is 1. The van der Waals surface area contributed by atoms with Crippen LogP contribution in [0.1, 0.15) is 39.5 Å². The molecule has 21 heavy (non-hydrogen) atoms. The first-order valence-electron chi connectivity index (χ1n) is 8.65. The molecule has 3 aliphatic rings. The zero-order chi connectivity index (χ0) is 15.3. The number of rotatable bonds is 4. The second-order valence-corrected chi connectivity index (χ2v) is 8.28. The third-order valence-corrected chi connectivity index (χ3v) is 6.62. The predicted molar refractivity (Wildman–Crippen MR) is 86.3 cm³/mol. The van der Waals surface area contributed by atoms with Crippen LogP contribution in [0.5, 0.6) is 0 Å². The van der Waals surface area contributed by atoms with Gasteiger partial charge in [0.1, 0.15) is 0 Å². The van der Waals surface area contributed by atoms with Gasteiger partial charge in [-0.3, -0.25) is 0 Å². The zero-order valence-electron chi connectivity index (χ0n) is 14.3. The van der Waals surface area contributed by atoms with Crippen LogP contribution in [-0.4, -0.2) is 67.8 Å². The molecule has 2 saturated heterocycles. The molecule has 1 aliphatic carbocycles. The fraction of sp³-hybridized carbons (Fsp3) is 1.00. The van der Waals surface area contributed by atoms with Crippen molar-refractivity contribution in [2.75, 3.05) is 40.3 Å². The molecule has 0 bridgehead atoms. The van der Waals surface area contributed by atoms with Crippen LogP contribution in [0.3, 0.4) is 0 Å². The van der Waals surface area contributed by atoms with Crippen molar-refractivity contribution in [3.05, 3.63) is 0 Å². The van der Waals surface area contributed by atoms with Crippen molar-refractivity contribution in [3.63, 3.8) is 0 Å². The van der Waals surface area contributed by atoms with Crippen LogP contribution in [0.4, 0.5) is 0 Å². The Morgan fingerprint density at radius 1 is 1.29 bits per heavy atom. The van der Waals surface area contributed by atoms with Crippen LogP contribution < -0.4 is 5.73 Å². The second-order valence-electron chi connectivity index (χ2n) is 8.28. The summed E-state index contributed by atoms with van der Waals surface area (Å²) in [5.41, 5.74) is 6.91. The van der Waals surface area contributed by atoms with Gasteiger partial charge >= 0.3 is 0 Å². The quantitative estimate of drug-likeness (QED) is 0.854. The maximum absolute atomic E-state index is 6.91. The number of ether oxygens (including phenoxy) is 1. The molecule has 0 aromatic heterocycles. The van der Waals surface area contributed by atoms with Crippen molar-refractivity contribution in [1.82, 2.24) is 9.80 Å². The number of nitrogens with zero attached hydrogens (tertiary/aromatic N) is 2. The number of nitrogens with two attached hydrogens (primary N) is 1. The molecule has 0 radical (unpaired) electrons. The van der Waals surface area contributed by atoms with Crippen LogP contribution >= 0.6 is 0 Å². The van der Waals surface area contributed by atoms with E-state index in [2.05, 4.69) is 37.7 Å². The van der Waals surface area contributed by atoms with Gasteiger partial charge < -0.3 is 20.3 Å². The number of hydrogen-bond donors (Lipinski definition) is 1. The lowest BCUT2D eigenvalue weighted by atomic mass is 9.46. The second kappa shape index (κ2) is 5.48. The molecule has 0 amide bonds. The molecule has 0 aromatic carbocycles. The highest BCUT2D eigenvalue weighted by Crippen LogP contribution is 2.57. The molecular weight excluding hydrogens is 262 g/mol. The molecule has 4 heteroatoms. The molecule has 4 atom stereocenters. The van der Waals surface area contributed by atoms with Gasteiger partial charge in [0.05, 0.1) is 6.10 Å². The van der Waals surface area contributed by atoms with Gasteiger partial charge in [-0.15, -0.1) is 0 Å². The Hall–Kier alpha value is -0.160. The third-order valence-electron chi connectivity index (χ3n) is 6.62. The summed E-state index contributed by atoms with van der Waals surface area (Å²) in [6, 6.07) is 0.709. The lowest BCUT2D eigenvalue weighted by molar-refractivity contribution is -0.231. The van der Waals surface area contributed by atoms with E-state index in [-0.39, 0.29) is 11.0 Å². The third kappa shape index (κ3) is 2.44.